The Morgan fingerprint density at radius 1 is 0.333 bits per heavy atom. The van der Waals surface area contributed by atoms with Gasteiger partial charge in [0.05, 0.1) is 6.61 Å². The van der Waals surface area contributed by atoms with Crippen LogP contribution >= 0.6 is 0 Å². The van der Waals surface area contributed by atoms with Crippen molar-refractivity contribution < 1.29 is 23.8 Å². The van der Waals surface area contributed by atoms with Crippen LogP contribution in [0.1, 0.15) is 175 Å². The summed E-state index contributed by atoms with van der Waals surface area (Å²) in [6, 6.07) is 0. The van der Waals surface area contributed by atoms with Crippen LogP contribution in [0, 0.1) is 0 Å². The monoisotopic (exact) mass is 905 g/mol. The lowest BCUT2D eigenvalue weighted by atomic mass is 10.2. The van der Waals surface area contributed by atoms with Crippen molar-refractivity contribution in [1.29, 1.82) is 0 Å². The fourth-order valence-corrected chi connectivity index (χ4v) is 6.04. The summed E-state index contributed by atoms with van der Waals surface area (Å²) < 4.78 is 17.3. The van der Waals surface area contributed by atoms with Crippen molar-refractivity contribution in [2.75, 3.05) is 19.8 Å². The van der Waals surface area contributed by atoms with Gasteiger partial charge in [0.1, 0.15) is 6.61 Å². The van der Waals surface area contributed by atoms with Gasteiger partial charge in [-0.1, -0.05) is 197 Å². The van der Waals surface area contributed by atoms with E-state index >= 15 is 0 Å². The highest BCUT2D eigenvalue weighted by molar-refractivity contribution is 5.70. The summed E-state index contributed by atoms with van der Waals surface area (Å²) in [5.74, 6) is -0.579. The summed E-state index contributed by atoms with van der Waals surface area (Å²) >= 11 is 0. The van der Waals surface area contributed by atoms with Crippen LogP contribution in [0.4, 0.5) is 0 Å². The lowest BCUT2D eigenvalue weighted by Gasteiger charge is -2.18. The van der Waals surface area contributed by atoms with Crippen LogP contribution in [-0.4, -0.2) is 37.9 Å². The quantitative estimate of drug-likeness (QED) is 0.0346. The van der Waals surface area contributed by atoms with Crippen molar-refractivity contribution in [3.8, 4) is 0 Å². The molecule has 66 heavy (non-hydrogen) atoms. The van der Waals surface area contributed by atoms with E-state index < -0.39 is 6.10 Å². The minimum absolute atomic E-state index is 0.00209. The zero-order chi connectivity index (χ0) is 47.7. The van der Waals surface area contributed by atoms with Crippen molar-refractivity contribution >= 4 is 11.9 Å². The molecule has 5 heteroatoms. The highest BCUT2D eigenvalue weighted by Crippen LogP contribution is 2.09. The maximum Gasteiger partial charge on any atom is 0.306 e. The van der Waals surface area contributed by atoms with Crippen molar-refractivity contribution in [3.63, 3.8) is 0 Å². The number of esters is 2. The topological polar surface area (TPSA) is 61.8 Å². The highest BCUT2D eigenvalue weighted by atomic mass is 16.6. The largest absolute Gasteiger partial charge is 0.462 e. The van der Waals surface area contributed by atoms with Gasteiger partial charge in [-0.3, -0.25) is 9.59 Å². The molecule has 0 radical (unpaired) electrons. The minimum Gasteiger partial charge on any atom is -0.462 e. The van der Waals surface area contributed by atoms with Crippen LogP contribution in [0.5, 0.6) is 0 Å². The molecular weight excluding hydrogens is 813 g/mol. The van der Waals surface area contributed by atoms with Gasteiger partial charge in [-0.2, -0.15) is 0 Å². The molecule has 1 unspecified atom stereocenters. The molecule has 366 valence electrons. The van der Waals surface area contributed by atoms with Crippen molar-refractivity contribution in [1.82, 2.24) is 0 Å². The molecule has 0 aromatic carbocycles. The zero-order valence-corrected chi connectivity index (χ0v) is 41.9. The Bertz CT molecular complexity index is 1540. The molecule has 0 bridgehead atoms. The Labute approximate surface area is 405 Å². The molecule has 1 atom stereocenters. The summed E-state index contributed by atoms with van der Waals surface area (Å²) in [6.07, 6.45) is 82.4. The predicted molar refractivity (Wildman–Crippen MR) is 287 cm³/mol. The second kappa shape index (κ2) is 54.6. The molecule has 0 fully saturated rings. The summed E-state index contributed by atoms with van der Waals surface area (Å²) in [5.41, 5.74) is 0. The van der Waals surface area contributed by atoms with Crippen LogP contribution in [0.15, 0.2) is 170 Å². The van der Waals surface area contributed by atoms with Crippen molar-refractivity contribution in [2.24, 2.45) is 0 Å². The smallest absolute Gasteiger partial charge is 0.306 e. The second-order valence-electron chi connectivity index (χ2n) is 15.9. The predicted octanol–water partition coefficient (Wildman–Crippen LogP) is 17.7. The molecule has 0 saturated heterocycles. The van der Waals surface area contributed by atoms with Gasteiger partial charge >= 0.3 is 11.9 Å². The summed E-state index contributed by atoms with van der Waals surface area (Å²) in [5, 5.41) is 0. The van der Waals surface area contributed by atoms with Crippen LogP contribution in [0.25, 0.3) is 0 Å². The van der Waals surface area contributed by atoms with Crippen LogP contribution in [0.3, 0.4) is 0 Å². The normalized spacial score (nSPS) is 13.7. The molecule has 0 amide bonds. The number of ether oxygens (including phenoxy) is 3. The number of carbonyl (C=O) groups excluding carboxylic acids is 2. The fraction of sp³-hybridized carbons (Fsp3) is 0.508. The summed E-state index contributed by atoms with van der Waals surface area (Å²) in [7, 11) is 0. The van der Waals surface area contributed by atoms with E-state index in [4.69, 9.17) is 14.2 Å². The van der Waals surface area contributed by atoms with Gasteiger partial charge in [0.2, 0.25) is 0 Å². The maximum absolute atomic E-state index is 12.8. The SMILES string of the molecule is CC/C=C\C/C=C\C/C=C\C/C=C\C/C=C\C/C=C\CCC(=O)OCC(COCCCCC/C=C\C/C=C\C/C=C\C/C=C\CC)OC(=O)CCCC/C=C\C/C=C\C/C=C\C/C=C\CC. The van der Waals surface area contributed by atoms with Gasteiger partial charge in [-0.25, -0.2) is 0 Å². The Kier molecular flexibility index (Phi) is 50.7. The average molecular weight is 905 g/mol. The molecule has 0 heterocycles. The van der Waals surface area contributed by atoms with E-state index in [2.05, 4.69) is 185 Å². The van der Waals surface area contributed by atoms with Crippen LogP contribution < -0.4 is 0 Å². The minimum atomic E-state index is -0.619. The first-order valence-electron chi connectivity index (χ1n) is 25.7. The number of rotatable bonds is 44. The first-order valence-corrected chi connectivity index (χ1v) is 25.7. The lowest BCUT2D eigenvalue weighted by Crippen LogP contribution is -2.30. The maximum atomic E-state index is 12.8. The molecule has 0 aliphatic rings. The van der Waals surface area contributed by atoms with Gasteiger partial charge in [0.15, 0.2) is 6.10 Å². The van der Waals surface area contributed by atoms with Gasteiger partial charge in [-0.15, -0.1) is 0 Å². The number of hydrogen-bond donors (Lipinski definition) is 0. The first kappa shape index (κ1) is 61.3. The van der Waals surface area contributed by atoms with Gasteiger partial charge in [0, 0.05) is 19.4 Å². The van der Waals surface area contributed by atoms with E-state index in [1.807, 2.05) is 6.08 Å². The third-order valence-electron chi connectivity index (χ3n) is 9.74. The molecule has 0 rings (SSSR count). The second-order valence-corrected chi connectivity index (χ2v) is 15.9. The Morgan fingerprint density at radius 3 is 1.05 bits per heavy atom. The summed E-state index contributed by atoms with van der Waals surface area (Å²) in [6.45, 7) is 7.25. The number of hydrogen-bond acceptors (Lipinski definition) is 5. The zero-order valence-electron chi connectivity index (χ0n) is 41.9. The number of unbranched alkanes of at least 4 members (excludes halogenated alkanes) is 5. The molecule has 0 aliphatic heterocycles. The highest BCUT2D eigenvalue weighted by Gasteiger charge is 2.17. The standard InChI is InChI=1S/C61H92O5/c1-4-7-10-13-16-19-22-25-28-30-31-32-34-36-39-42-45-48-51-54-60(62)65-58-59(57-64-56-53-50-47-44-41-38-35-29-26-23-20-17-14-11-8-5-2)66-61(63)55-52-49-46-43-40-37-33-27-24-21-18-15-12-9-6-3/h7-12,16-21,25-29,31-33,36,38-41,43,45,48,59H,4-6,13-15,22-24,30,34-35,37,42,44,46-47,49-58H2,1-3H3/b10-7-,11-8-,12-9-,19-16-,20-17-,21-18-,28-25-,29-26-,32-31-,33-27-,39-36-,41-38-,43-40-,48-45-. The summed E-state index contributed by atoms with van der Waals surface area (Å²) in [4.78, 5) is 25.4. The Hall–Kier alpha value is -4.74. The third-order valence-corrected chi connectivity index (χ3v) is 9.74. The van der Waals surface area contributed by atoms with Crippen LogP contribution in [-0.2, 0) is 23.8 Å². The van der Waals surface area contributed by atoms with E-state index in [0.717, 1.165) is 135 Å². The third kappa shape index (κ3) is 51.9. The molecule has 0 N–H and O–H groups in total. The van der Waals surface area contributed by atoms with E-state index in [0.29, 0.717) is 19.4 Å². The van der Waals surface area contributed by atoms with Crippen molar-refractivity contribution in [3.05, 3.63) is 170 Å². The number of carbonyl (C=O) groups is 2. The van der Waals surface area contributed by atoms with E-state index in [1.165, 1.54) is 0 Å². The van der Waals surface area contributed by atoms with Gasteiger partial charge in [0.25, 0.3) is 0 Å². The molecule has 0 aromatic rings. The van der Waals surface area contributed by atoms with Crippen LogP contribution in [0.2, 0.25) is 0 Å². The van der Waals surface area contributed by atoms with Gasteiger partial charge in [-0.05, 0) is 135 Å². The molecule has 5 nitrogen and oxygen atoms in total. The molecule has 0 aliphatic carbocycles. The van der Waals surface area contributed by atoms with Crippen molar-refractivity contribution in [2.45, 2.75) is 181 Å². The lowest BCUT2D eigenvalue weighted by molar-refractivity contribution is -0.162. The van der Waals surface area contributed by atoms with E-state index in [1.54, 1.807) is 0 Å². The molecular formula is C61H92O5. The first-order chi connectivity index (χ1) is 32.6. The Balaban J connectivity index is 4.56. The Morgan fingerprint density at radius 2 is 0.667 bits per heavy atom. The fourth-order valence-electron chi connectivity index (χ4n) is 6.04. The molecule has 0 aromatic heterocycles. The average Bonchev–Trinajstić information content (AvgIpc) is 3.32. The van der Waals surface area contributed by atoms with E-state index in [9.17, 15) is 9.59 Å². The number of allylic oxidation sites excluding steroid dienone is 28. The molecule has 0 saturated carbocycles. The molecule has 0 spiro atoms. The van der Waals surface area contributed by atoms with E-state index in [-0.39, 0.29) is 31.6 Å². The van der Waals surface area contributed by atoms with Gasteiger partial charge < -0.3 is 14.2 Å².